The van der Waals surface area contributed by atoms with Crippen LogP contribution < -0.4 is 19.6 Å². The second-order valence-electron chi connectivity index (χ2n) is 8.12. The monoisotopic (exact) mass is 480 g/mol. The van der Waals surface area contributed by atoms with Crippen LogP contribution in [0.25, 0.3) is 0 Å². The molecule has 9 heteroatoms. The molecule has 4 heterocycles. The van der Waals surface area contributed by atoms with Gasteiger partial charge in [0.2, 0.25) is 0 Å². The number of thiocyanates is 1. The normalized spacial score (nSPS) is 13.0. The Morgan fingerprint density at radius 2 is 0.857 bits per heavy atom. The average molecular weight is 481 g/mol. The Bertz CT molecular complexity index is 1340. The first-order chi connectivity index (χ1) is 17.0. The van der Waals surface area contributed by atoms with E-state index in [1.165, 1.54) is 0 Å². The van der Waals surface area contributed by atoms with Gasteiger partial charge in [-0.15, -0.1) is 0 Å². The largest absolute Gasteiger partial charge is 0.328 e. The molecular formula is C26H24N8S. The Balaban J connectivity index is 1.77. The van der Waals surface area contributed by atoms with Gasteiger partial charge in [-0.05, 0) is 60.3 Å². The summed E-state index contributed by atoms with van der Waals surface area (Å²) < 4.78 is 0. The number of hydrogen-bond donors (Lipinski definition) is 0. The summed E-state index contributed by atoms with van der Waals surface area (Å²) in [5.41, 5.74) is 1.77. The first-order valence-corrected chi connectivity index (χ1v) is 11.8. The molecule has 8 nitrogen and oxygen atoms in total. The highest BCUT2D eigenvalue weighted by atomic mass is 32.2. The minimum Gasteiger partial charge on any atom is -0.328 e. The molecule has 0 unspecified atom stereocenters. The molecule has 0 atom stereocenters. The van der Waals surface area contributed by atoms with Gasteiger partial charge in [0.25, 0.3) is 0 Å². The summed E-state index contributed by atoms with van der Waals surface area (Å²) in [6, 6.07) is 23.7. The number of fused-ring (bicyclic) bond motifs is 8. The van der Waals surface area contributed by atoms with Gasteiger partial charge in [0.05, 0.1) is 16.3 Å². The molecule has 1 aliphatic heterocycles. The van der Waals surface area contributed by atoms with Crippen LogP contribution in [0.5, 0.6) is 0 Å². The summed E-state index contributed by atoms with van der Waals surface area (Å²) in [5, 5.41) is 11.9. The van der Waals surface area contributed by atoms with E-state index in [9.17, 15) is 5.26 Å². The molecule has 0 spiro atoms. The molecule has 1 aromatic carbocycles. The fourth-order valence-electron chi connectivity index (χ4n) is 4.03. The predicted octanol–water partition coefficient (Wildman–Crippen LogP) is 5.83. The molecule has 8 bridgehead atoms. The van der Waals surface area contributed by atoms with Crippen LogP contribution in [-0.2, 0) is 0 Å². The van der Waals surface area contributed by atoms with E-state index in [0.29, 0.717) is 0 Å². The van der Waals surface area contributed by atoms with Gasteiger partial charge < -0.3 is 19.6 Å². The SMILES string of the molecule is CN1c2cccc(n2)N(C)c2cccc(n2)N(C)c2cccc(c2SC#N)N(C)c2cccc1n2. The lowest BCUT2D eigenvalue weighted by Gasteiger charge is -2.28. The molecule has 0 N–H and O–H groups in total. The van der Waals surface area contributed by atoms with Crippen LogP contribution in [0, 0.1) is 10.7 Å². The Morgan fingerprint density at radius 1 is 0.543 bits per heavy atom. The van der Waals surface area contributed by atoms with Gasteiger partial charge in [-0.25, -0.2) is 15.0 Å². The van der Waals surface area contributed by atoms with Crippen LogP contribution >= 0.6 is 11.8 Å². The number of thioether (sulfide) groups is 1. The topological polar surface area (TPSA) is 75.4 Å². The van der Waals surface area contributed by atoms with Crippen molar-refractivity contribution in [3.05, 3.63) is 72.8 Å². The van der Waals surface area contributed by atoms with Gasteiger partial charge >= 0.3 is 0 Å². The van der Waals surface area contributed by atoms with E-state index < -0.39 is 0 Å². The van der Waals surface area contributed by atoms with Crippen molar-refractivity contribution in [2.24, 2.45) is 0 Å². The van der Waals surface area contributed by atoms with E-state index in [1.54, 1.807) is 0 Å². The van der Waals surface area contributed by atoms with Crippen molar-refractivity contribution in [1.82, 2.24) is 15.0 Å². The summed E-state index contributed by atoms with van der Waals surface area (Å²) in [7, 11) is 7.82. The van der Waals surface area contributed by atoms with Gasteiger partial charge in [0.15, 0.2) is 0 Å². The smallest absolute Gasteiger partial charge is 0.138 e. The van der Waals surface area contributed by atoms with Crippen molar-refractivity contribution in [3.63, 3.8) is 0 Å². The number of hydrogen-bond acceptors (Lipinski definition) is 9. The number of rotatable bonds is 1. The fourth-order valence-corrected chi connectivity index (χ4v) is 4.74. The van der Waals surface area contributed by atoms with Crippen molar-refractivity contribution in [2.45, 2.75) is 4.90 Å². The Labute approximate surface area is 209 Å². The molecule has 35 heavy (non-hydrogen) atoms. The first-order valence-electron chi connectivity index (χ1n) is 11.0. The third-order valence-corrected chi connectivity index (χ3v) is 6.78. The van der Waals surface area contributed by atoms with E-state index in [2.05, 4.69) is 5.40 Å². The highest BCUT2D eigenvalue weighted by molar-refractivity contribution is 8.04. The van der Waals surface area contributed by atoms with Crippen molar-refractivity contribution >= 4 is 58.0 Å². The zero-order valence-electron chi connectivity index (χ0n) is 19.9. The highest BCUT2D eigenvalue weighted by Gasteiger charge is 2.21. The predicted molar refractivity (Wildman–Crippen MR) is 143 cm³/mol. The van der Waals surface area contributed by atoms with Crippen LogP contribution in [0.1, 0.15) is 0 Å². The first kappa shape index (κ1) is 22.5. The zero-order chi connectivity index (χ0) is 24.5. The number of aromatic nitrogens is 3. The Kier molecular flexibility index (Phi) is 5.89. The van der Waals surface area contributed by atoms with E-state index in [1.807, 2.05) is 121 Å². The highest BCUT2D eigenvalue weighted by Crippen LogP contribution is 2.42. The number of nitrogens with zero attached hydrogens (tertiary/aromatic N) is 8. The standard InChI is InChI=1S/C26H24N8S/c1-31-18-9-5-10-19(26(18)35-17-27)32(2)21-12-7-14-23(29-21)34(4)25-16-8-15-24(30-25)33(3)22-13-6-11-20(31)28-22/h5-16H,1-4H3. The molecule has 174 valence electrons. The summed E-state index contributed by atoms with van der Waals surface area (Å²) >= 11 is 1.13. The molecule has 4 aromatic rings. The van der Waals surface area contributed by atoms with Crippen LogP contribution in [0.4, 0.5) is 46.3 Å². The Hall–Kier alpha value is -4.29. The summed E-state index contributed by atoms with van der Waals surface area (Å²) in [6.07, 6.45) is 0. The number of pyridine rings is 3. The second kappa shape index (κ2) is 9.16. The maximum absolute atomic E-state index is 9.64. The van der Waals surface area contributed by atoms with Crippen molar-refractivity contribution in [3.8, 4) is 5.40 Å². The second-order valence-corrected chi connectivity index (χ2v) is 8.91. The molecule has 0 saturated heterocycles. The van der Waals surface area contributed by atoms with E-state index in [4.69, 9.17) is 15.0 Å². The minimum atomic E-state index is 0.759. The quantitative estimate of drug-likeness (QED) is 0.247. The van der Waals surface area contributed by atoms with Gasteiger partial charge in [0, 0.05) is 28.2 Å². The zero-order valence-corrected chi connectivity index (χ0v) is 20.7. The minimum absolute atomic E-state index is 0.759. The van der Waals surface area contributed by atoms with Gasteiger partial charge in [-0.1, -0.05) is 24.3 Å². The van der Waals surface area contributed by atoms with E-state index in [-0.39, 0.29) is 0 Å². The van der Waals surface area contributed by atoms with Crippen LogP contribution in [0.2, 0.25) is 0 Å². The molecule has 1 aliphatic rings. The lowest BCUT2D eigenvalue weighted by molar-refractivity contribution is 1.01. The molecule has 0 fully saturated rings. The third-order valence-electron chi connectivity index (χ3n) is 6.06. The fraction of sp³-hybridized carbons (Fsp3) is 0.154. The maximum Gasteiger partial charge on any atom is 0.138 e. The van der Waals surface area contributed by atoms with Gasteiger partial charge in [-0.2, -0.15) is 5.26 Å². The lowest BCUT2D eigenvalue weighted by atomic mass is 10.2. The van der Waals surface area contributed by atoms with E-state index in [0.717, 1.165) is 62.9 Å². The number of nitriles is 1. The molecule has 0 aliphatic carbocycles. The van der Waals surface area contributed by atoms with Gasteiger partial charge in [-0.3, -0.25) is 0 Å². The van der Waals surface area contributed by atoms with Crippen molar-refractivity contribution in [2.75, 3.05) is 47.8 Å². The molecule has 0 amide bonds. The number of benzene rings is 1. The van der Waals surface area contributed by atoms with Crippen LogP contribution in [-0.4, -0.2) is 43.1 Å². The van der Waals surface area contributed by atoms with Crippen molar-refractivity contribution in [1.29, 1.82) is 5.26 Å². The summed E-state index contributed by atoms with van der Waals surface area (Å²) in [6.45, 7) is 0. The summed E-state index contributed by atoms with van der Waals surface area (Å²) in [4.78, 5) is 23.5. The lowest BCUT2D eigenvalue weighted by Crippen LogP contribution is -2.20. The average Bonchev–Trinajstić information content (AvgIpc) is 2.91. The molecule has 0 saturated carbocycles. The summed E-state index contributed by atoms with van der Waals surface area (Å²) in [5.74, 6) is 4.58. The number of anilines is 8. The molecular weight excluding hydrogens is 456 g/mol. The van der Waals surface area contributed by atoms with Crippen molar-refractivity contribution < 1.29 is 0 Å². The van der Waals surface area contributed by atoms with Crippen LogP contribution in [0.3, 0.4) is 0 Å². The third kappa shape index (κ3) is 4.09. The van der Waals surface area contributed by atoms with E-state index >= 15 is 0 Å². The maximum atomic E-state index is 9.64. The van der Waals surface area contributed by atoms with Gasteiger partial charge in [0.1, 0.15) is 40.3 Å². The molecule has 5 rings (SSSR count). The Morgan fingerprint density at radius 3 is 1.20 bits per heavy atom. The van der Waals surface area contributed by atoms with Crippen LogP contribution in [0.15, 0.2) is 77.7 Å². The molecule has 3 aromatic heterocycles. The molecule has 0 radical (unpaired) electrons.